The summed E-state index contributed by atoms with van der Waals surface area (Å²) in [5.74, 6) is 1.82. The first kappa shape index (κ1) is 21.9. The summed E-state index contributed by atoms with van der Waals surface area (Å²) in [4.78, 5) is 17.1. The van der Waals surface area contributed by atoms with Crippen LogP contribution in [0.5, 0.6) is 0 Å². The van der Waals surface area contributed by atoms with Crippen molar-refractivity contribution in [1.29, 1.82) is 0 Å². The molecule has 2 N–H and O–H groups in total. The van der Waals surface area contributed by atoms with Crippen LogP contribution in [0, 0.1) is 0 Å². The minimum atomic E-state index is 0.673. The fraction of sp³-hybridized carbons (Fsp3) is 0.524. The molecule has 0 aliphatic heterocycles. The van der Waals surface area contributed by atoms with E-state index in [1.54, 1.807) is 7.11 Å². The van der Waals surface area contributed by atoms with Gasteiger partial charge >= 0.3 is 0 Å². The van der Waals surface area contributed by atoms with Gasteiger partial charge in [0.2, 0.25) is 0 Å². The molecule has 0 amide bonds. The molecule has 0 aliphatic rings. The maximum atomic E-state index is 5.11. The Balaban J connectivity index is 1.88. The second kappa shape index (κ2) is 12.2. The Morgan fingerprint density at radius 2 is 2.00 bits per heavy atom. The Bertz CT molecular complexity index is 700. The number of H-pyrrole nitrogens is 1. The third-order valence-corrected chi connectivity index (χ3v) is 4.43. The number of methoxy groups -OCH3 is 1. The van der Waals surface area contributed by atoms with Crippen LogP contribution in [0.1, 0.15) is 19.2 Å². The van der Waals surface area contributed by atoms with Gasteiger partial charge in [0, 0.05) is 33.8 Å². The normalized spacial score (nSPS) is 11.8. The Kier molecular flexibility index (Phi) is 9.51. The number of aromatic amines is 1. The van der Waals surface area contributed by atoms with Gasteiger partial charge in [-0.05, 0) is 32.5 Å². The second-order valence-corrected chi connectivity index (χ2v) is 6.85. The smallest absolute Gasteiger partial charge is 0.194 e. The molecule has 7 heteroatoms. The largest absolute Gasteiger partial charge is 0.383 e. The van der Waals surface area contributed by atoms with E-state index in [1.807, 2.05) is 31.4 Å². The Morgan fingerprint density at radius 1 is 1.21 bits per heavy atom. The van der Waals surface area contributed by atoms with Gasteiger partial charge in [0.05, 0.1) is 25.0 Å². The molecular formula is C21H34N6O. The van der Waals surface area contributed by atoms with Crippen molar-refractivity contribution >= 4 is 5.96 Å². The molecule has 1 heterocycles. The first-order valence-electron chi connectivity index (χ1n) is 9.90. The van der Waals surface area contributed by atoms with Crippen molar-refractivity contribution in [3.63, 3.8) is 0 Å². The summed E-state index contributed by atoms with van der Waals surface area (Å²) >= 11 is 0. The van der Waals surface area contributed by atoms with Gasteiger partial charge < -0.3 is 24.8 Å². The van der Waals surface area contributed by atoms with Crippen molar-refractivity contribution in [3.8, 4) is 11.3 Å². The molecule has 2 rings (SSSR count). The Morgan fingerprint density at radius 3 is 2.71 bits per heavy atom. The van der Waals surface area contributed by atoms with Crippen LogP contribution >= 0.6 is 0 Å². The fourth-order valence-electron chi connectivity index (χ4n) is 2.86. The standard InChI is InChI=1S/C21H34N6O/c1-5-22-21(23-12-9-13-26(2)14-15-28-4)27(3)17-20-24-16-19(25-20)18-10-7-6-8-11-18/h6-8,10-11,16H,5,9,12-15,17H2,1-4H3,(H,22,23)(H,24,25). The minimum absolute atomic E-state index is 0.673. The molecule has 0 atom stereocenters. The molecule has 0 saturated heterocycles. The molecule has 0 unspecified atom stereocenters. The predicted molar refractivity (Wildman–Crippen MR) is 115 cm³/mol. The monoisotopic (exact) mass is 386 g/mol. The maximum absolute atomic E-state index is 5.11. The van der Waals surface area contributed by atoms with E-state index in [9.17, 15) is 0 Å². The molecule has 0 fully saturated rings. The van der Waals surface area contributed by atoms with Gasteiger partial charge in [0.15, 0.2) is 5.96 Å². The molecular weight excluding hydrogens is 352 g/mol. The van der Waals surface area contributed by atoms with E-state index in [2.05, 4.69) is 51.2 Å². The Hall–Kier alpha value is -2.38. The number of nitrogens with one attached hydrogen (secondary N) is 2. The number of hydrogen-bond acceptors (Lipinski definition) is 4. The highest BCUT2D eigenvalue weighted by Crippen LogP contribution is 2.16. The van der Waals surface area contributed by atoms with E-state index in [4.69, 9.17) is 9.73 Å². The molecule has 0 bridgehead atoms. The third kappa shape index (κ3) is 7.32. The maximum Gasteiger partial charge on any atom is 0.194 e. The highest BCUT2D eigenvalue weighted by atomic mass is 16.5. The van der Waals surface area contributed by atoms with Crippen LogP contribution in [0.25, 0.3) is 11.3 Å². The van der Waals surface area contributed by atoms with E-state index in [1.165, 1.54) is 0 Å². The number of benzene rings is 1. The second-order valence-electron chi connectivity index (χ2n) is 6.85. The summed E-state index contributed by atoms with van der Waals surface area (Å²) in [6.07, 6.45) is 2.90. The van der Waals surface area contributed by atoms with Crippen molar-refractivity contribution < 1.29 is 4.74 Å². The first-order chi connectivity index (χ1) is 13.6. The summed E-state index contributed by atoms with van der Waals surface area (Å²) in [5.41, 5.74) is 2.17. The Labute approximate surface area is 168 Å². The quantitative estimate of drug-likeness (QED) is 0.353. The molecule has 28 heavy (non-hydrogen) atoms. The minimum Gasteiger partial charge on any atom is -0.383 e. The van der Waals surface area contributed by atoms with E-state index >= 15 is 0 Å². The molecule has 154 valence electrons. The molecule has 2 aromatic rings. The van der Waals surface area contributed by atoms with Gasteiger partial charge in [-0.3, -0.25) is 4.99 Å². The predicted octanol–water partition coefficient (Wildman–Crippen LogP) is 2.44. The lowest BCUT2D eigenvalue weighted by Crippen LogP contribution is -2.39. The van der Waals surface area contributed by atoms with Gasteiger partial charge in [-0.25, -0.2) is 4.98 Å². The van der Waals surface area contributed by atoms with Crippen LogP contribution in [-0.4, -0.2) is 79.7 Å². The zero-order valence-electron chi connectivity index (χ0n) is 17.6. The molecule has 0 aliphatic carbocycles. The highest BCUT2D eigenvalue weighted by molar-refractivity contribution is 5.79. The summed E-state index contributed by atoms with van der Waals surface area (Å²) in [5, 5.41) is 3.36. The number of guanidine groups is 1. The lowest BCUT2D eigenvalue weighted by atomic mass is 10.2. The average molecular weight is 387 g/mol. The summed E-state index contributed by atoms with van der Waals surface area (Å²) < 4.78 is 5.11. The highest BCUT2D eigenvalue weighted by Gasteiger charge is 2.10. The van der Waals surface area contributed by atoms with E-state index in [-0.39, 0.29) is 0 Å². The van der Waals surface area contributed by atoms with E-state index in [0.29, 0.717) is 6.54 Å². The molecule has 0 saturated carbocycles. The van der Waals surface area contributed by atoms with Crippen molar-refractivity contribution in [2.45, 2.75) is 19.9 Å². The number of rotatable bonds is 11. The summed E-state index contributed by atoms with van der Waals surface area (Å²) in [6, 6.07) is 10.2. The number of likely N-dealkylation sites (N-methyl/N-ethyl adjacent to an activating group) is 1. The molecule has 1 aromatic heterocycles. The zero-order valence-corrected chi connectivity index (χ0v) is 17.6. The molecule has 0 radical (unpaired) electrons. The van der Waals surface area contributed by atoms with Crippen molar-refractivity contribution in [1.82, 2.24) is 25.1 Å². The number of imidazole rings is 1. The van der Waals surface area contributed by atoms with E-state index < -0.39 is 0 Å². The molecule has 7 nitrogen and oxygen atoms in total. The van der Waals surface area contributed by atoms with E-state index in [0.717, 1.165) is 62.2 Å². The van der Waals surface area contributed by atoms with Gasteiger partial charge in [0.25, 0.3) is 0 Å². The van der Waals surface area contributed by atoms with Crippen LogP contribution in [0.4, 0.5) is 0 Å². The number of aliphatic imine (C=N–C) groups is 1. The van der Waals surface area contributed by atoms with Gasteiger partial charge in [-0.1, -0.05) is 30.3 Å². The third-order valence-electron chi connectivity index (χ3n) is 4.43. The van der Waals surface area contributed by atoms with Gasteiger partial charge in [-0.15, -0.1) is 0 Å². The fourth-order valence-corrected chi connectivity index (χ4v) is 2.86. The molecule has 1 aromatic carbocycles. The van der Waals surface area contributed by atoms with Crippen LogP contribution in [0.15, 0.2) is 41.5 Å². The van der Waals surface area contributed by atoms with Crippen LogP contribution in [0.2, 0.25) is 0 Å². The average Bonchev–Trinajstić information content (AvgIpc) is 3.17. The van der Waals surface area contributed by atoms with Gasteiger partial charge in [0.1, 0.15) is 5.82 Å². The van der Waals surface area contributed by atoms with Gasteiger partial charge in [-0.2, -0.15) is 0 Å². The van der Waals surface area contributed by atoms with Crippen LogP contribution in [-0.2, 0) is 11.3 Å². The van der Waals surface area contributed by atoms with Crippen LogP contribution < -0.4 is 5.32 Å². The van der Waals surface area contributed by atoms with Crippen molar-refractivity contribution in [3.05, 3.63) is 42.4 Å². The summed E-state index contributed by atoms with van der Waals surface area (Å²) in [6.45, 7) is 7.10. The lowest BCUT2D eigenvalue weighted by molar-refractivity contribution is 0.161. The number of ether oxygens (including phenoxy) is 1. The van der Waals surface area contributed by atoms with Crippen LogP contribution in [0.3, 0.4) is 0 Å². The molecule has 0 spiro atoms. The van der Waals surface area contributed by atoms with Crippen molar-refractivity contribution in [2.24, 2.45) is 4.99 Å². The number of hydrogen-bond donors (Lipinski definition) is 2. The lowest BCUT2D eigenvalue weighted by Gasteiger charge is -2.21. The SMILES string of the molecule is CCNC(=NCCCN(C)CCOC)N(C)Cc1ncc(-c2ccccc2)[nH]1. The topological polar surface area (TPSA) is 68.8 Å². The zero-order chi connectivity index (χ0) is 20.2. The number of aromatic nitrogens is 2. The summed E-state index contributed by atoms with van der Waals surface area (Å²) in [7, 11) is 5.89. The first-order valence-corrected chi connectivity index (χ1v) is 9.90. The number of nitrogens with zero attached hydrogens (tertiary/aromatic N) is 4. The van der Waals surface area contributed by atoms with Crippen molar-refractivity contribution in [2.75, 3.05) is 54.0 Å².